The van der Waals surface area contributed by atoms with Crippen molar-refractivity contribution in [3.8, 4) is 0 Å². The van der Waals surface area contributed by atoms with Crippen LogP contribution in [0.1, 0.15) is 32.1 Å². The first-order chi connectivity index (χ1) is 8.57. The molecule has 0 spiro atoms. The van der Waals surface area contributed by atoms with Crippen LogP contribution in [0.15, 0.2) is 0 Å². The second-order valence-electron chi connectivity index (χ2n) is 4.76. The molecule has 0 bridgehead atoms. The number of piperidine rings is 1. The molecule has 0 radical (unpaired) electrons. The van der Waals surface area contributed by atoms with Crippen molar-refractivity contribution < 1.29 is 17.9 Å². The lowest BCUT2D eigenvalue weighted by atomic mass is 10.1. The summed E-state index contributed by atoms with van der Waals surface area (Å²) in [4.78, 5) is 11.7. The van der Waals surface area contributed by atoms with Gasteiger partial charge in [-0.2, -0.15) is 17.0 Å². The molecule has 7 heteroatoms. The zero-order valence-electron chi connectivity index (χ0n) is 10.7. The van der Waals surface area contributed by atoms with Crippen LogP contribution in [-0.4, -0.2) is 55.8 Å². The lowest BCUT2D eigenvalue weighted by Crippen LogP contribution is -2.53. The van der Waals surface area contributed by atoms with Gasteiger partial charge < -0.3 is 4.74 Å². The molecule has 0 amide bonds. The van der Waals surface area contributed by atoms with Crippen molar-refractivity contribution >= 4 is 16.2 Å². The molecular weight excluding hydrogens is 256 g/mol. The van der Waals surface area contributed by atoms with E-state index < -0.39 is 22.2 Å². The fourth-order valence-electron chi connectivity index (χ4n) is 2.62. The van der Waals surface area contributed by atoms with Crippen LogP contribution < -0.4 is 0 Å². The molecule has 2 rings (SSSR count). The van der Waals surface area contributed by atoms with Crippen molar-refractivity contribution in [2.45, 2.75) is 38.1 Å². The minimum atomic E-state index is -3.50. The molecule has 1 atom stereocenters. The third-order valence-electron chi connectivity index (χ3n) is 3.61. The Kier molecular flexibility index (Phi) is 4.24. The number of hydrogen-bond donors (Lipinski definition) is 0. The van der Waals surface area contributed by atoms with Crippen LogP contribution in [0.25, 0.3) is 0 Å². The minimum absolute atomic E-state index is 0.415. The third-order valence-corrected chi connectivity index (χ3v) is 5.66. The van der Waals surface area contributed by atoms with Crippen molar-refractivity contribution in [2.75, 3.05) is 26.7 Å². The molecule has 104 valence electrons. The molecular formula is C11H20N2O4S. The Morgan fingerprint density at radius 1 is 1.11 bits per heavy atom. The Bertz CT molecular complexity index is 403. The van der Waals surface area contributed by atoms with Gasteiger partial charge in [-0.3, -0.25) is 4.79 Å². The van der Waals surface area contributed by atoms with Crippen molar-refractivity contribution in [2.24, 2.45) is 0 Å². The lowest BCUT2D eigenvalue weighted by Gasteiger charge is -2.35. The van der Waals surface area contributed by atoms with Gasteiger partial charge in [-0.1, -0.05) is 0 Å². The maximum atomic E-state index is 12.5. The van der Waals surface area contributed by atoms with Crippen LogP contribution in [0.4, 0.5) is 0 Å². The van der Waals surface area contributed by atoms with Crippen LogP contribution in [0.3, 0.4) is 0 Å². The van der Waals surface area contributed by atoms with E-state index >= 15 is 0 Å². The fourth-order valence-corrected chi connectivity index (χ4v) is 4.51. The smallest absolute Gasteiger partial charge is 0.324 e. The highest BCUT2D eigenvalue weighted by Gasteiger charge is 2.41. The molecule has 2 saturated heterocycles. The van der Waals surface area contributed by atoms with Gasteiger partial charge in [0, 0.05) is 19.6 Å². The zero-order chi connectivity index (χ0) is 13.2. The number of methoxy groups -OCH3 is 1. The Balaban J connectivity index is 2.19. The van der Waals surface area contributed by atoms with Crippen molar-refractivity contribution in [3.63, 3.8) is 0 Å². The number of hydrogen-bond acceptors (Lipinski definition) is 4. The van der Waals surface area contributed by atoms with E-state index in [0.717, 1.165) is 25.7 Å². The van der Waals surface area contributed by atoms with E-state index in [4.69, 9.17) is 4.74 Å². The highest BCUT2D eigenvalue weighted by molar-refractivity contribution is 7.86. The maximum Gasteiger partial charge on any atom is 0.324 e. The quantitative estimate of drug-likeness (QED) is 0.698. The average Bonchev–Trinajstić information content (AvgIpc) is 2.92. The molecule has 18 heavy (non-hydrogen) atoms. The van der Waals surface area contributed by atoms with Crippen LogP contribution >= 0.6 is 0 Å². The van der Waals surface area contributed by atoms with Crippen LogP contribution in [0, 0.1) is 0 Å². The molecule has 0 aliphatic carbocycles. The summed E-state index contributed by atoms with van der Waals surface area (Å²) in [7, 11) is -2.20. The highest BCUT2D eigenvalue weighted by atomic mass is 32.2. The Hall–Kier alpha value is -0.660. The normalized spacial score (nSPS) is 27.3. The summed E-state index contributed by atoms with van der Waals surface area (Å²) in [6.45, 7) is 1.54. The molecule has 0 saturated carbocycles. The SMILES string of the molecule is COC(=O)[C@H]1CCCCN1S(=O)(=O)N1CCCC1. The first-order valence-electron chi connectivity index (χ1n) is 6.42. The Morgan fingerprint density at radius 3 is 2.33 bits per heavy atom. The Labute approximate surface area is 108 Å². The van der Waals surface area contributed by atoms with Crippen molar-refractivity contribution in [1.29, 1.82) is 0 Å². The monoisotopic (exact) mass is 276 g/mol. The van der Waals surface area contributed by atoms with Gasteiger partial charge in [-0.25, -0.2) is 0 Å². The van der Waals surface area contributed by atoms with E-state index in [0.29, 0.717) is 26.1 Å². The van der Waals surface area contributed by atoms with E-state index in [2.05, 4.69) is 0 Å². The topological polar surface area (TPSA) is 66.9 Å². The third kappa shape index (κ3) is 2.53. The fraction of sp³-hybridized carbons (Fsp3) is 0.909. The van der Waals surface area contributed by atoms with Gasteiger partial charge >= 0.3 is 5.97 Å². The Morgan fingerprint density at radius 2 is 1.72 bits per heavy atom. The van der Waals surface area contributed by atoms with E-state index in [1.807, 2.05) is 0 Å². The van der Waals surface area contributed by atoms with Gasteiger partial charge in [0.15, 0.2) is 0 Å². The van der Waals surface area contributed by atoms with Crippen molar-refractivity contribution in [3.05, 3.63) is 0 Å². The first kappa shape index (κ1) is 13.8. The summed E-state index contributed by atoms with van der Waals surface area (Å²) in [6, 6.07) is -0.644. The van der Waals surface area contributed by atoms with E-state index in [1.54, 1.807) is 0 Å². The number of esters is 1. The number of rotatable bonds is 3. The number of carbonyl (C=O) groups is 1. The molecule has 6 nitrogen and oxygen atoms in total. The molecule has 0 aromatic rings. The molecule has 2 fully saturated rings. The van der Waals surface area contributed by atoms with Gasteiger partial charge in [0.2, 0.25) is 0 Å². The molecule has 2 aliphatic rings. The summed E-state index contributed by atoms with van der Waals surface area (Å²) < 4.78 is 32.4. The number of carbonyl (C=O) groups excluding carboxylic acids is 1. The van der Waals surface area contributed by atoms with Crippen molar-refractivity contribution in [1.82, 2.24) is 8.61 Å². The standard InChI is InChI=1S/C11H20N2O4S/c1-17-11(14)10-6-2-3-9-13(10)18(15,16)12-7-4-5-8-12/h10H,2-9H2,1H3/t10-/m1/s1. The van der Waals surface area contributed by atoms with E-state index in [-0.39, 0.29) is 0 Å². The lowest BCUT2D eigenvalue weighted by molar-refractivity contribution is -0.146. The number of ether oxygens (including phenoxy) is 1. The largest absolute Gasteiger partial charge is 0.468 e. The molecule has 0 unspecified atom stereocenters. The predicted molar refractivity (Wildman–Crippen MR) is 66.1 cm³/mol. The second-order valence-corrected chi connectivity index (χ2v) is 6.64. The van der Waals surface area contributed by atoms with Crippen LogP contribution in [0.5, 0.6) is 0 Å². The molecule has 0 N–H and O–H groups in total. The van der Waals surface area contributed by atoms with E-state index in [1.165, 1.54) is 15.7 Å². The highest BCUT2D eigenvalue weighted by Crippen LogP contribution is 2.25. The summed E-state index contributed by atoms with van der Waals surface area (Å²) in [5, 5.41) is 0. The van der Waals surface area contributed by atoms with Crippen LogP contribution in [0.2, 0.25) is 0 Å². The summed E-state index contributed by atoms with van der Waals surface area (Å²) in [6.07, 6.45) is 4.03. The summed E-state index contributed by atoms with van der Waals surface area (Å²) in [5.74, 6) is -0.447. The van der Waals surface area contributed by atoms with Gasteiger partial charge in [0.05, 0.1) is 7.11 Å². The summed E-state index contributed by atoms with van der Waals surface area (Å²) >= 11 is 0. The minimum Gasteiger partial charge on any atom is -0.468 e. The zero-order valence-corrected chi connectivity index (χ0v) is 11.5. The van der Waals surface area contributed by atoms with Gasteiger partial charge in [0.25, 0.3) is 10.2 Å². The molecule has 0 aromatic heterocycles. The van der Waals surface area contributed by atoms with Gasteiger partial charge in [0.1, 0.15) is 6.04 Å². The van der Waals surface area contributed by atoms with Gasteiger partial charge in [-0.05, 0) is 32.1 Å². The maximum absolute atomic E-state index is 12.5. The van der Waals surface area contributed by atoms with Crippen LogP contribution in [-0.2, 0) is 19.7 Å². The molecule has 0 aromatic carbocycles. The number of nitrogens with zero attached hydrogens (tertiary/aromatic N) is 2. The van der Waals surface area contributed by atoms with Gasteiger partial charge in [-0.15, -0.1) is 0 Å². The second kappa shape index (κ2) is 5.54. The molecule has 2 aliphatic heterocycles. The summed E-state index contributed by atoms with van der Waals surface area (Å²) in [5.41, 5.74) is 0. The first-order valence-corrected chi connectivity index (χ1v) is 7.82. The average molecular weight is 276 g/mol. The molecule has 2 heterocycles. The predicted octanol–water partition coefficient (Wildman–Crippen LogP) is 0.354. The van der Waals surface area contributed by atoms with E-state index in [9.17, 15) is 13.2 Å².